The fraction of sp³-hybridized carbons (Fsp3) is 0.714. The lowest BCUT2D eigenvalue weighted by Gasteiger charge is -2.49. The highest BCUT2D eigenvalue weighted by atomic mass is 16.5. The van der Waals surface area contributed by atoms with Crippen LogP contribution in [0.3, 0.4) is 0 Å². The predicted molar refractivity (Wildman–Crippen MR) is 98.4 cm³/mol. The van der Waals surface area contributed by atoms with Crippen LogP contribution in [0.2, 0.25) is 0 Å². The van der Waals surface area contributed by atoms with E-state index in [1.165, 1.54) is 70.1 Å². The van der Waals surface area contributed by atoms with Crippen LogP contribution in [-0.4, -0.2) is 48.6 Å². The number of ether oxygens (including phenoxy) is 1. The molecule has 3 nitrogen and oxygen atoms in total. The number of piperazine rings is 1. The average molecular weight is 329 g/mol. The summed E-state index contributed by atoms with van der Waals surface area (Å²) in [5.74, 6) is 1.88. The van der Waals surface area contributed by atoms with Gasteiger partial charge in [-0.25, -0.2) is 0 Å². The third kappa shape index (κ3) is 3.34. The van der Waals surface area contributed by atoms with Crippen molar-refractivity contribution >= 4 is 0 Å². The van der Waals surface area contributed by atoms with E-state index in [2.05, 4.69) is 34.1 Å². The second-order valence-electron chi connectivity index (χ2n) is 7.95. The Hall–Kier alpha value is -1.06. The molecule has 2 heterocycles. The van der Waals surface area contributed by atoms with Crippen LogP contribution in [0.5, 0.6) is 5.75 Å². The molecular formula is C21H32N2O. The van der Waals surface area contributed by atoms with Gasteiger partial charge >= 0.3 is 0 Å². The Morgan fingerprint density at radius 1 is 0.917 bits per heavy atom. The van der Waals surface area contributed by atoms with Gasteiger partial charge in [0.15, 0.2) is 0 Å². The van der Waals surface area contributed by atoms with Crippen molar-refractivity contribution in [3.63, 3.8) is 0 Å². The zero-order chi connectivity index (χ0) is 16.4. The lowest BCUT2D eigenvalue weighted by molar-refractivity contribution is -0.00380. The highest BCUT2D eigenvalue weighted by Crippen LogP contribution is 2.38. The van der Waals surface area contributed by atoms with Gasteiger partial charge in [-0.05, 0) is 55.8 Å². The monoisotopic (exact) mass is 328 g/mol. The highest BCUT2D eigenvalue weighted by Gasteiger charge is 2.42. The first-order valence-electron chi connectivity index (χ1n) is 9.96. The Bertz CT molecular complexity index is 523. The summed E-state index contributed by atoms with van der Waals surface area (Å²) in [5.41, 5.74) is 1.43. The van der Waals surface area contributed by atoms with E-state index in [-0.39, 0.29) is 0 Å². The van der Waals surface area contributed by atoms with Crippen LogP contribution >= 0.6 is 0 Å². The summed E-state index contributed by atoms with van der Waals surface area (Å²) in [6.07, 6.45) is 10.1. The lowest BCUT2D eigenvalue weighted by Crippen LogP contribution is -2.59. The highest BCUT2D eigenvalue weighted by molar-refractivity contribution is 5.27. The van der Waals surface area contributed by atoms with Crippen LogP contribution in [0.15, 0.2) is 24.3 Å². The fourth-order valence-electron chi connectivity index (χ4n) is 5.40. The summed E-state index contributed by atoms with van der Waals surface area (Å²) >= 11 is 0. The van der Waals surface area contributed by atoms with Crippen molar-refractivity contribution in [2.24, 2.45) is 5.92 Å². The van der Waals surface area contributed by atoms with Crippen molar-refractivity contribution in [3.8, 4) is 5.75 Å². The van der Waals surface area contributed by atoms with Gasteiger partial charge in [0.25, 0.3) is 0 Å². The summed E-state index contributed by atoms with van der Waals surface area (Å²) in [6, 6.07) is 10.3. The minimum atomic E-state index is 0.781. The third-order valence-electron chi connectivity index (χ3n) is 6.58. The van der Waals surface area contributed by atoms with Crippen LogP contribution in [0, 0.1) is 5.92 Å². The first-order chi connectivity index (χ1) is 11.8. The zero-order valence-electron chi connectivity index (χ0n) is 15.1. The molecule has 2 saturated heterocycles. The summed E-state index contributed by atoms with van der Waals surface area (Å²) < 4.78 is 5.31. The molecule has 0 N–H and O–H groups in total. The predicted octanol–water partition coefficient (Wildman–Crippen LogP) is 3.92. The van der Waals surface area contributed by atoms with Gasteiger partial charge in [0.2, 0.25) is 0 Å². The molecule has 3 fully saturated rings. The van der Waals surface area contributed by atoms with Gasteiger partial charge in [0.1, 0.15) is 5.75 Å². The van der Waals surface area contributed by atoms with E-state index in [1.807, 2.05) is 0 Å². The average Bonchev–Trinajstić information content (AvgIpc) is 3.11. The molecule has 1 aromatic carbocycles. The Labute approximate surface area is 147 Å². The molecule has 1 aliphatic carbocycles. The summed E-state index contributed by atoms with van der Waals surface area (Å²) in [5, 5.41) is 0. The molecule has 3 aliphatic rings. The number of fused-ring (bicyclic) bond motifs is 1. The van der Waals surface area contributed by atoms with E-state index in [4.69, 9.17) is 4.74 Å². The van der Waals surface area contributed by atoms with E-state index in [9.17, 15) is 0 Å². The largest absolute Gasteiger partial charge is 0.497 e. The van der Waals surface area contributed by atoms with E-state index in [0.29, 0.717) is 0 Å². The van der Waals surface area contributed by atoms with Crippen molar-refractivity contribution in [2.45, 2.75) is 63.6 Å². The summed E-state index contributed by atoms with van der Waals surface area (Å²) in [6.45, 7) is 4.95. The van der Waals surface area contributed by atoms with Crippen molar-refractivity contribution in [1.82, 2.24) is 9.80 Å². The first-order valence-corrected chi connectivity index (χ1v) is 9.96. The summed E-state index contributed by atoms with van der Waals surface area (Å²) in [4.78, 5) is 5.62. The standard InChI is InChI=1S/C21H32N2O/c1-24-19-11-9-17(10-12-19)16-23-15-14-22-13-5-8-20(22)21(23)18-6-3-2-4-7-18/h9-12,18,20-21H,2-8,13-16H2,1H3/t20-,21+/m1/s1. The van der Waals surface area contributed by atoms with Crippen LogP contribution in [0.1, 0.15) is 50.5 Å². The van der Waals surface area contributed by atoms with Crippen LogP contribution < -0.4 is 4.74 Å². The SMILES string of the molecule is COc1ccc(CN2CCN3CCC[C@@H]3[C@@H]2C2CCCCC2)cc1. The van der Waals surface area contributed by atoms with E-state index < -0.39 is 0 Å². The quantitative estimate of drug-likeness (QED) is 0.833. The normalized spacial score (nSPS) is 29.5. The number of nitrogens with zero attached hydrogens (tertiary/aromatic N) is 2. The molecule has 1 saturated carbocycles. The molecule has 0 unspecified atom stereocenters. The molecular weight excluding hydrogens is 296 g/mol. The molecule has 132 valence electrons. The molecule has 2 aliphatic heterocycles. The maximum absolute atomic E-state index is 5.31. The second-order valence-corrected chi connectivity index (χ2v) is 7.95. The van der Waals surface area contributed by atoms with Gasteiger partial charge in [-0.2, -0.15) is 0 Å². The molecule has 3 heteroatoms. The Kier molecular flexibility index (Phi) is 5.09. The molecule has 2 atom stereocenters. The van der Waals surface area contributed by atoms with E-state index >= 15 is 0 Å². The van der Waals surface area contributed by atoms with Crippen LogP contribution in [0.4, 0.5) is 0 Å². The Balaban J connectivity index is 1.52. The maximum atomic E-state index is 5.31. The van der Waals surface area contributed by atoms with Gasteiger partial charge in [0.05, 0.1) is 7.11 Å². The topological polar surface area (TPSA) is 15.7 Å². The Morgan fingerprint density at radius 2 is 1.71 bits per heavy atom. The minimum Gasteiger partial charge on any atom is -0.497 e. The van der Waals surface area contributed by atoms with Crippen molar-refractivity contribution in [1.29, 1.82) is 0 Å². The maximum Gasteiger partial charge on any atom is 0.118 e. The van der Waals surface area contributed by atoms with Gasteiger partial charge in [-0.3, -0.25) is 9.80 Å². The minimum absolute atomic E-state index is 0.781. The van der Waals surface area contributed by atoms with Gasteiger partial charge in [-0.1, -0.05) is 31.4 Å². The molecule has 4 rings (SSSR count). The molecule has 1 aromatic rings. The summed E-state index contributed by atoms with van der Waals surface area (Å²) in [7, 11) is 1.74. The van der Waals surface area contributed by atoms with Crippen LogP contribution in [-0.2, 0) is 6.54 Å². The number of hydrogen-bond acceptors (Lipinski definition) is 3. The smallest absolute Gasteiger partial charge is 0.118 e. The van der Waals surface area contributed by atoms with Gasteiger partial charge < -0.3 is 4.74 Å². The number of methoxy groups -OCH3 is 1. The molecule has 24 heavy (non-hydrogen) atoms. The molecule has 0 radical (unpaired) electrons. The third-order valence-corrected chi connectivity index (χ3v) is 6.58. The molecule has 0 amide bonds. The number of hydrogen-bond donors (Lipinski definition) is 0. The van der Waals surface area contributed by atoms with E-state index in [1.54, 1.807) is 7.11 Å². The number of benzene rings is 1. The van der Waals surface area contributed by atoms with Crippen LogP contribution in [0.25, 0.3) is 0 Å². The molecule has 0 spiro atoms. The lowest BCUT2D eigenvalue weighted by atomic mass is 9.78. The van der Waals surface area contributed by atoms with E-state index in [0.717, 1.165) is 30.3 Å². The fourth-order valence-corrected chi connectivity index (χ4v) is 5.40. The second kappa shape index (κ2) is 7.45. The Morgan fingerprint density at radius 3 is 2.46 bits per heavy atom. The molecule has 0 aromatic heterocycles. The van der Waals surface area contributed by atoms with Gasteiger partial charge in [-0.15, -0.1) is 0 Å². The van der Waals surface area contributed by atoms with Crippen molar-refractivity contribution in [3.05, 3.63) is 29.8 Å². The first kappa shape index (κ1) is 16.4. The van der Waals surface area contributed by atoms with Crippen molar-refractivity contribution < 1.29 is 4.74 Å². The van der Waals surface area contributed by atoms with Crippen molar-refractivity contribution in [2.75, 3.05) is 26.7 Å². The number of rotatable bonds is 4. The molecule has 0 bridgehead atoms. The zero-order valence-corrected chi connectivity index (χ0v) is 15.1. The van der Waals surface area contributed by atoms with Gasteiger partial charge in [0, 0.05) is 31.7 Å².